The number of nitrogens with zero attached hydrogens (tertiary/aromatic N) is 1. The third kappa shape index (κ3) is 4.23. The van der Waals surface area contributed by atoms with Gasteiger partial charge >= 0.3 is 0 Å². The van der Waals surface area contributed by atoms with E-state index in [1.54, 1.807) is 42.6 Å². The van der Waals surface area contributed by atoms with Crippen molar-refractivity contribution in [2.24, 2.45) is 5.10 Å². The Morgan fingerprint density at radius 2 is 1.62 bits per heavy atom. The SMILES string of the molecule is O=C(Nc1ccccc1C(=O)N/N=C\c1cccc2ccccc12)c1cccs1. The van der Waals surface area contributed by atoms with Crippen LogP contribution in [0.1, 0.15) is 25.6 Å². The van der Waals surface area contributed by atoms with Crippen molar-refractivity contribution in [1.29, 1.82) is 0 Å². The Balaban J connectivity index is 1.50. The second-order valence-electron chi connectivity index (χ2n) is 6.24. The number of fused-ring (bicyclic) bond motifs is 1. The van der Waals surface area contributed by atoms with Gasteiger partial charge in [-0.1, -0.05) is 60.7 Å². The molecule has 29 heavy (non-hydrogen) atoms. The largest absolute Gasteiger partial charge is 0.321 e. The summed E-state index contributed by atoms with van der Waals surface area (Å²) in [6.45, 7) is 0. The Bertz CT molecular complexity index is 1190. The van der Waals surface area contributed by atoms with Crippen LogP contribution in [0.3, 0.4) is 0 Å². The Kier molecular flexibility index (Phi) is 5.45. The molecule has 6 heteroatoms. The van der Waals surface area contributed by atoms with E-state index in [-0.39, 0.29) is 5.91 Å². The number of benzene rings is 3. The number of thiophene rings is 1. The lowest BCUT2D eigenvalue weighted by Crippen LogP contribution is -2.21. The van der Waals surface area contributed by atoms with Crippen LogP contribution >= 0.6 is 11.3 Å². The van der Waals surface area contributed by atoms with E-state index in [1.165, 1.54) is 11.3 Å². The fourth-order valence-corrected chi connectivity index (χ4v) is 3.58. The number of amides is 2. The Hall–Kier alpha value is -3.77. The van der Waals surface area contributed by atoms with Gasteiger partial charge in [0.2, 0.25) is 0 Å². The Morgan fingerprint density at radius 3 is 2.48 bits per heavy atom. The maximum atomic E-state index is 12.6. The van der Waals surface area contributed by atoms with Gasteiger partial charge in [-0.05, 0) is 34.4 Å². The van der Waals surface area contributed by atoms with Gasteiger partial charge in [0, 0.05) is 5.56 Å². The standard InChI is InChI=1S/C23H17N3O2S/c27-22(26-24-15-17-9-5-8-16-7-1-2-10-18(16)17)19-11-3-4-12-20(19)25-23(28)21-13-6-14-29-21/h1-15H,(H,25,28)(H,26,27)/b24-15-. The van der Waals surface area contributed by atoms with Crippen molar-refractivity contribution in [2.75, 3.05) is 5.32 Å². The molecule has 3 aromatic carbocycles. The molecule has 0 spiro atoms. The summed E-state index contributed by atoms with van der Waals surface area (Å²) >= 11 is 1.34. The van der Waals surface area contributed by atoms with Crippen LogP contribution in [-0.4, -0.2) is 18.0 Å². The predicted molar refractivity (Wildman–Crippen MR) is 118 cm³/mol. The normalized spacial score (nSPS) is 10.9. The summed E-state index contributed by atoms with van der Waals surface area (Å²) in [5.41, 5.74) is 4.22. The lowest BCUT2D eigenvalue weighted by molar-refractivity contribution is 0.0956. The maximum absolute atomic E-state index is 12.6. The predicted octanol–water partition coefficient (Wildman–Crippen LogP) is 4.92. The van der Waals surface area contributed by atoms with Crippen LogP contribution in [0.5, 0.6) is 0 Å². The van der Waals surface area contributed by atoms with Crippen LogP contribution in [0.15, 0.2) is 89.3 Å². The molecule has 0 aliphatic rings. The lowest BCUT2D eigenvalue weighted by atomic mass is 10.1. The first-order valence-corrected chi connectivity index (χ1v) is 9.85. The summed E-state index contributed by atoms with van der Waals surface area (Å²) in [6.07, 6.45) is 1.62. The molecule has 0 atom stereocenters. The fraction of sp³-hybridized carbons (Fsp3) is 0. The minimum Gasteiger partial charge on any atom is -0.321 e. The van der Waals surface area contributed by atoms with Crippen molar-refractivity contribution < 1.29 is 9.59 Å². The molecule has 0 fully saturated rings. The average Bonchev–Trinajstić information content (AvgIpc) is 3.29. The first-order chi connectivity index (χ1) is 14.2. The van der Waals surface area contributed by atoms with Crippen molar-refractivity contribution in [3.63, 3.8) is 0 Å². The minimum absolute atomic E-state index is 0.250. The third-order valence-electron chi connectivity index (χ3n) is 4.36. The summed E-state index contributed by atoms with van der Waals surface area (Å²) in [5.74, 6) is -0.650. The topological polar surface area (TPSA) is 70.6 Å². The molecule has 0 bridgehead atoms. The molecule has 0 saturated heterocycles. The molecular weight excluding hydrogens is 382 g/mol. The van der Waals surface area contributed by atoms with Gasteiger partial charge in [-0.25, -0.2) is 5.43 Å². The quantitative estimate of drug-likeness (QED) is 0.369. The summed E-state index contributed by atoms with van der Waals surface area (Å²) in [7, 11) is 0. The number of rotatable bonds is 5. The van der Waals surface area contributed by atoms with Crippen molar-refractivity contribution in [3.05, 3.63) is 100 Å². The van der Waals surface area contributed by atoms with Crippen LogP contribution in [-0.2, 0) is 0 Å². The van der Waals surface area contributed by atoms with E-state index in [0.29, 0.717) is 16.1 Å². The van der Waals surface area contributed by atoms with Crippen LogP contribution in [0, 0.1) is 0 Å². The van der Waals surface area contributed by atoms with E-state index in [9.17, 15) is 9.59 Å². The molecule has 0 unspecified atom stereocenters. The van der Waals surface area contributed by atoms with E-state index in [4.69, 9.17) is 0 Å². The molecule has 4 rings (SSSR count). The highest BCUT2D eigenvalue weighted by atomic mass is 32.1. The van der Waals surface area contributed by atoms with E-state index in [0.717, 1.165) is 16.3 Å². The molecule has 5 nitrogen and oxygen atoms in total. The number of hydrogen-bond acceptors (Lipinski definition) is 4. The fourth-order valence-electron chi connectivity index (χ4n) is 2.97. The maximum Gasteiger partial charge on any atom is 0.273 e. The van der Waals surface area contributed by atoms with Gasteiger partial charge in [0.05, 0.1) is 22.3 Å². The number of nitrogens with one attached hydrogen (secondary N) is 2. The monoisotopic (exact) mass is 399 g/mol. The molecule has 0 radical (unpaired) electrons. The van der Waals surface area contributed by atoms with Gasteiger partial charge in [-0.2, -0.15) is 5.10 Å². The van der Waals surface area contributed by atoms with E-state index in [1.807, 2.05) is 47.8 Å². The smallest absolute Gasteiger partial charge is 0.273 e. The number of hydrazone groups is 1. The van der Waals surface area contributed by atoms with E-state index >= 15 is 0 Å². The Morgan fingerprint density at radius 1 is 0.828 bits per heavy atom. The number of hydrogen-bond donors (Lipinski definition) is 2. The number of para-hydroxylation sites is 1. The van der Waals surface area contributed by atoms with Crippen LogP contribution in [0.25, 0.3) is 10.8 Å². The zero-order valence-corrected chi connectivity index (χ0v) is 16.1. The highest BCUT2D eigenvalue weighted by Crippen LogP contribution is 2.19. The minimum atomic E-state index is -0.399. The van der Waals surface area contributed by atoms with Crippen LogP contribution < -0.4 is 10.7 Å². The number of anilines is 1. The first kappa shape index (κ1) is 18.6. The summed E-state index contributed by atoms with van der Waals surface area (Å²) in [6, 6.07) is 24.3. The van der Waals surface area contributed by atoms with Crippen molar-refractivity contribution in [1.82, 2.24) is 5.43 Å². The summed E-state index contributed by atoms with van der Waals surface area (Å²) < 4.78 is 0. The molecule has 0 aliphatic carbocycles. The highest BCUT2D eigenvalue weighted by Gasteiger charge is 2.14. The number of carbonyl (C=O) groups excluding carboxylic acids is 2. The molecule has 1 heterocycles. The third-order valence-corrected chi connectivity index (χ3v) is 5.23. The van der Waals surface area contributed by atoms with Crippen molar-refractivity contribution in [2.45, 2.75) is 0 Å². The summed E-state index contributed by atoms with van der Waals surface area (Å²) in [5, 5.41) is 10.9. The molecule has 142 valence electrons. The van der Waals surface area contributed by atoms with Crippen molar-refractivity contribution >= 4 is 45.8 Å². The van der Waals surface area contributed by atoms with E-state index < -0.39 is 5.91 Å². The molecule has 2 amide bonds. The van der Waals surface area contributed by atoms with Crippen LogP contribution in [0.4, 0.5) is 5.69 Å². The van der Waals surface area contributed by atoms with Gasteiger partial charge in [-0.15, -0.1) is 11.3 Å². The average molecular weight is 399 g/mol. The molecular formula is C23H17N3O2S. The van der Waals surface area contributed by atoms with Gasteiger partial charge in [0.25, 0.3) is 11.8 Å². The number of carbonyl (C=O) groups is 2. The van der Waals surface area contributed by atoms with Gasteiger partial charge in [-0.3, -0.25) is 9.59 Å². The second kappa shape index (κ2) is 8.50. The Labute approximate surface area is 171 Å². The van der Waals surface area contributed by atoms with E-state index in [2.05, 4.69) is 15.8 Å². The van der Waals surface area contributed by atoms with Gasteiger partial charge in [0.15, 0.2) is 0 Å². The van der Waals surface area contributed by atoms with Crippen LogP contribution in [0.2, 0.25) is 0 Å². The molecule has 1 aromatic heterocycles. The highest BCUT2D eigenvalue weighted by molar-refractivity contribution is 7.12. The second-order valence-corrected chi connectivity index (χ2v) is 7.19. The summed E-state index contributed by atoms with van der Waals surface area (Å²) in [4.78, 5) is 25.5. The van der Waals surface area contributed by atoms with Crippen molar-refractivity contribution in [3.8, 4) is 0 Å². The zero-order chi connectivity index (χ0) is 20.1. The van der Waals surface area contributed by atoms with Gasteiger partial charge < -0.3 is 5.32 Å². The van der Waals surface area contributed by atoms with Gasteiger partial charge in [0.1, 0.15) is 0 Å². The molecule has 0 aliphatic heterocycles. The molecule has 0 saturated carbocycles. The lowest BCUT2D eigenvalue weighted by Gasteiger charge is -2.09. The molecule has 2 N–H and O–H groups in total. The first-order valence-electron chi connectivity index (χ1n) is 8.97. The molecule has 4 aromatic rings. The zero-order valence-electron chi connectivity index (χ0n) is 15.3.